The highest BCUT2D eigenvalue weighted by atomic mass is 35.5. The van der Waals surface area contributed by atoms with Gasteiger partial charge >= 0.3 is 0 Å². The number of piperazine rings is 1. The minimum absolute atomic E-state index is 0.00181. The monoisotopic (exact) mass is 472 g/mol. The number of hydrogen-bond donors (Lipinski definition) is 0. The maximum atomic E-state index is 13.4. The van der Waals surface area contributed by atoms with Gasteiger partial charge in [-0.3, -0.25) is 9.69 Å². The molecule has 32 heavy (non-hydrogen) atoms. The number of amides is 1. The first-order chi connectivity index (χ1) is 15.5. The van der Waals surface area contributed by atoms with Crippen molar-refractivity contribution in [3.05, 3.63) is 99.3 Å². The molecule has 0 atom stereocenters. The molecule has 0 spiro atoms. The molecular weight excluding hydrogens is 450 g/mol. The maximum Gasteiger partial charge on any atom is 0.253 e. The number of benzene rings is 3. The number of carbonyl (C=O) groups is 1. The van der Waals surface area contributed by atoms with Gasteiger partial charge in [0.15, 0.2) is 0 Å². The van der Waals surface area contributed by atoms with E-state index in [1.807, 2.05) is 35.2 Å². The van der Waals surface area contributed by atoms with Crippen molar-refractivity contribution in [3.63, 3.8) is 0 Å². The van der Waals surface area contributed by atoms with Gasteiger partial charge in [0.05, 0.1) is 5.02 Å². The van der Waals surface area contributed by atoms with E-state index in [1.165, 1.54) is 6.07 Å². The Hall–Kier alpha value is -2.60. The summed E-state index contributed by atoms with van der Waals surface area (Å²) >= 11 is 12.2. The molecule has 1 aliphatic rings. The first-order valence-electron chi connectivity index (χ1n) is 10.4. The van der Waals surface area contributed by atoms with Crippen LogP contribution in [0.3, 0.4) is 0 Å². The zero-order valence-electron chi connectivity index (χ0n) is 17.4. The molecule has 1 amide bonds. The second-order valence-electron chi connectivity index (χ2n) is 7.74. The van der Waals surface area contributed by atoms with Crippen molar-refractivity contribution in [1.82, 2.24) is 9.80 Å². The molecule has 0 aromatic heterocycles. The lowest BCUT2D eigenvalue weighted by atomic mass is 10.1. The van der Waals surface area contributed by atoms with Crippen LogP contribution >= 0.6 is 23.2 Å². The summed E-state index contributed by atoms with van der Waals surface area (Å²) in [6.07, 6.45) is 0. The molecule has 1 saturated heterocycles. The van der Waals surface area contributed by atoms with Gasteiger partial charge in [-0.1, -0.05) is 53.5 Å². The zero-order valence-corrected chi connectivity index (χ0v) is 19.0. The summed E-state index contributed by atoms with van der Waals surface area (Å²) in [7, 11) is 0. The molecule has 7 heteroatoms. The van der Waals surface area contributed by atoms with E-state index in [-0.39, 0.29) is 18.3 Å². The highest BCUT2D eigenvalue weighted by Gasteiger charge is 2.22. The van der Waals surface area contributed by atoms with E-state index in [4.69, 9.17) is 27.9 Å². The van der Waals surface area contributed by atoms with Gasteiger partial charge in [-0.2, -0.15) is 0 Å². The van der Waals surface area contributed by atoms with Gasteiger partial charge in [0, 0.05) is 38.3 Å². The number of rotatable bonds is 6. The van der Waals surface area contributed by atoms with Crippen LogP contribution in [0.4, 0.5) is 4.39 Å². The molecule has 0 N–H and O–H groups in total. The molecule has 1 heterocycles. The van der Waals surface area contributed by atoms with Crippen molar-refractivity contribution in [3.8, 4) is 5.75 Å². The molecule has 0 bridgehead atoms. The molecular formula is C25H23Cl2FN2O2. The summed E-state index contributed by atoms with van der Waals surface area (Å²) < 4.78 is 19.2. The van der Waals surface area contributed by atoms with Crippen molar-refractivity contribution >= 4 is 29.1 Å². The van der Waals surface area contributed by atoms with Crippen LogP contribution in [0.5, 0.6) is 5.75 Å². The molecule has 4 rings (SSSR count). The molecule has 3 aromatic rings. The van der Waals surface area contributed by atoms with Crippen molar-refractivity contribution in [2.24, 2.45) is 0 Å². The fraction of sp³-hybridized carbons (Fsp3) is 0.240. The maximum absolute atomic E-state index is 13.4. The summed E-state index contributed by atoms with van der Waals surface area (Å²) in [6.45, 7) is 3.72. The van der Waals surface area contributed by atoms with E-state index >= 15 is 0 Å². The molecule has 0 aliphatic carbocycles. The predicted octanol–water partition coefficient (Wildman–Crippen LogP) is 5.67. The van der Waals surface area contributed by atoms with Crippen molar-refractivity contribution in [2.75, 3.05) is 26.2 Å². The van der Waals surface area contributed by atoms with Crippen LogP contribution < -0.4 is 4.74 Å². The van der Waals surface area contributed by atoms with Crippen LogP contribution in [0.25, 0.3) is 0 Å². The van der Waals surface area contributed by atoms with Gasteiger partial charge in [-0.05, 0) is 47.5 Å². The van der Waals surface area contributed by atoms with E-state index in [0.29, 0.717) is 41.0 Å². The lowest BCUT2D eigenvalue weighted by molar-refractivity contribution is 0.0628. The lowest BCUT2D eigenvalue weighted by Crippen LogP contribution is -2.48. The number of carbonyl (C=O) groups excluding carboxylic acids is 1. The Balaban J connectivity index is 1.33. The molecule has 1 aliphatic heterocycles. The largest absolute Gasteiger partial charge is 0.487 e. The topological polar surface area (TPSA) is 32.8 Å². The third kappa shape index (κ3) is 5.60. The summed E-state index contributed by atoms with van der Waals surface area (Å²) in [5.74, 6) is 0.279. The van der Waals surface area contributed by atoms with Crippen LogP contribution in [-0.4, -0.2) is 41.9 Å². The molecule has 0 unspecified atom stereocenters. The van der Waals surface area contributed by atoms with Crippen LogP contribution in [-0.2, 0) is 13.2 Å². The van der Waals surface area contributed by atoms with Crippen molar-refractivity contribution in [2.45, 2.75) is 13.2 Å². The Morgan fingerprint density at radius 1 is 0.906 bits per heavy atom. The lowest BCUT2D eigenvalue weighted by Gasteiger charge is -2.34. The zero-order chi connectivity index (χ0) is 22.5. The van der Waals surface area contributed by atoms with Crippen LogP contribution in [0.2, 0.25) is 10.0 Å². The number of halogens is 3. The van der Waals surface area contributed by atoms with Crippen molar-refractivity contribution in [1.29, 1.82) is 0 Å². The molecule has 4 nitrogen and oxygen atoms in total. The van der Waals surface area contributed by atoms with Gasteiger partial charge < -0.3 is 9.64 Å². The highest BCUT2D eigenvalue weighted by Crippen LogP contribution is 2.32. The minimum atomic E-state index is -0.224. The number of nitrogens with zero attached hydrogens (tertiary/aromatic N) is 2. The summed E-state index contributed by atoms with van der Waals surface area (Å²) in [5, 5.41) is 0.808. The van der Waals surface area contributed by atoms with E-state index in [2.05, 4.69) is 4.90 Å². The third-order valence-corrected chi connectivity index (χ3v) is 6.24. The second-order valence-corrected chi connectivity index (χ2v) is 8.52. The number of ether oxygens (including phenoxy) is 1. The van der Waals surface area contributed by atoms with Gasteiger partial charge in [-0.25, -0.2) is 4.39 Å². The summed E-state index contributed by atoms with van der Waals surface area (Å²) in [6, 6.07) is 19.3. The van der Waals surface area contributed by atoms with Gasteiger partial charge in [0.25, 0.3) is 5.91 Å². The Kier molecular flexibility index (Phi) is 7.30. The SMILES string of the molecule is O=C(c1cccc(COc2cccc(Cl)c2Cl)c1)N1CCN(Cc2cccc(F)c2)CC1. The quantitative estimate of drug-likeness (QED) is 0.463. The fourth-order valence-corrected chi connectivity index (χ4v) is 4.08. The second kappa shape index (κ2) is 10.3. The first kappa shape index (κ1) is 22.6. The average molecular weight is 473 g/mol. The third-order valence-electron chi connectivity index (χ3n) is 5.44. The van der Waals surface area contributed by atoms with Crippen molar-refractivity contribution < 1.29 is 13.9 Å². The molecule has 166 valence electrons. The van der Waals surface area contributed by atoms with E-state index in [0.717, 1.165) is 24.2 Å². The standard InChI is InChI=1S/C25H23Cl2FN2O2/c26-22-8-3-9-23(24(22)27)32-17-19-5-1-6-20(14-19)25(31)30-12-10-29(11-13-30)16-18-4-2-7-21(28)15-18/h1-9,14-15H,10-13,16-17H2. The van der Waals surface area contributed by atoms with Gasteiger partial charge in [0.2, 0.25) is 0 Å². The Morgan fingerprint density at radius 2 is 1.62 bits per heavy atom. The smallest absolute Gasteiger partial charge is 0.253 e. The van der Waals surface area contributed by atoms with Gasteiger partial charge in [0.1, 0.15) is 23.2 Å². The fourth-order valence-electron chi connectivity index (χ4n) is 3.74. The van der Waals surface area contributed by atoms with Crippen LogP contribution in [0.15, 0.2) is 66.7 Å². The Labute approximate surface area is 197 Å². The molecule has 0 radical (unpaired) electrons. The average Bonchev–Trinajstić information content (AvgIpc) is 2.80. The van der Waals surface area contributed by atoms with Crippen LogP contribution in [0.1, 0.15) is 21.5 Å². The van der Waals surface area contributed by atoms with Gasteiger partial charge in [-0.15, -0.1) is 0 Å². The number of hydrogen-bond acceptors (Lipinski definition) is 3. The Bertz CT molecular complexity index is 1100. The van der Waals surface area contributed by atoms with Crippen LogP contribution in [0, 0.1) is 5.82 Å². The molecule has 1 fully saturated rings. The Morgan fingerprint density at radius 3 is 2.41 bits per heavy atom. The molecule has 3 aromatic carbocycles. The minimum Gasteiger partial charge on any atom is -0.487 e. The van der Waals surface area contributed by atoms with E-state index < -0.39 is 0 Å². The molecule has 0 saturated carbocycles. The first-order valence-corrected chi connectivity index (χ1v) is 11.2. The highest BCUT2D eigenvalue weighted by molar-refractivity contribution is 6.42. The predicted molar refractivity (Wildman–Crippen MR) is 125 cm³/mol. The normalized spacial score (nSPS) is 14.4. The summed E-state index contributed by atoms with van der Waals surface area (Å²) in [4.78, 5) is 17.1. The summed E-state index contributed by atoms with van der Waals surface area (Å²) in [5.41, 5.74) is 2.44. The van der Waals surface area contributed by atoms with E-state index in [1.54, 1.807) is 30.3 Å². The van der Waals surface area contributed by atoms with E-state index in [9.17, 15) is 9.18 Å².